The fraction of sp³-hybridized carbons (Fsp3) is 0.429. The summed E-state index contributed by atoms with van der Waals surface area (Å²) in [5, 5.41) is 2.59. The molecule has 5 heteroatoms. The first-order chi connectivity index (χ1) is 9.22. The zero-order valence-electron chi connectivity index (χ0n) is 11.0. The van der Waals surface area contributed by atoms with Gasteiger partial charge in [0.25, 0.3) is 0 Å². The Balaban J connectivity index is 1.99. The predicted octanol–water partition coefficient (Wildman–Crippen LogP) is 1.71. The van der Waals surface area contributed by atoms with Gasteiger partial charge in [-0.15, -0.1) is 0 Å². The Morgan fingerprint density at radius 2 is 2.16 bits per heavy atom. The van der Waals surface area contributed by atoms with E-state index in [-0.39, 0.29) is 12.6 Å². The summed E-state index contributed by atoms with van der Waals surface area (Å²) >= 11 is 0. The Kier molecular flexibility index (Phi) is 4.39. The molecule has 1 heterocycles. The van der Waals surface area contributed by atoms with Gasteiger partial charge in [0.2, 0.25) is 0 Å². The molecule has 1 aliphatic rings. The van der Waals surface area contributed by atoms with E-state index in [4.69, 9.17) is 4.74 Å². The minimum atomic E-state index is -0.416. The van der Waals surface area contributed by atoms with Crippen LogP contribution >= 0.6 is 0 Å². The standard InChI is InChI=1S/C14H18N2O3/c1-2-19-13(17)10-15-14(18)16-9-5-7-11-6-3-4-8-12(11)16/h3-4,6,8H,2,5,7,9-10H2,1H3,(H,15,18). The van der Waals surface area contributed by atoms with Gasteiger partial charge in [-0.05, 0) is 31.4 Å². The van der Waals surface area contributed by atoms with Gasteiger partial charge in [-0.25, -0.2) is 4.79 Å². The molecule has 1 N–H and O–H groups in total. The molecule has 5 nitrogen and oxygen atoms in total. The summed E-state index contributed by atoms with van der Waals surface area (Å²) in [6.45, 7) is 2.64. The molecule has 0 bridgehead atoms. The van der Waals surface area contributed by atoms with E-state index in [0.717, 1.165) is 18.5 Å². The van der Waals surface area contributed by atoms with E-state index >= 15 is 0 Å². The quantitative estimate of drug-likeness (QED) is 0.844. The zero-order chi connectivity index (χ0) is 13.7. The van der Waals surface area contributed by atoms with Gasteiger partial charge in [-0.2, -0.15) is 0 Å². The summed E-state index contributed by atoms with van der Waals surface area (Å²) in [5.41, 5.74) is 2.09. The van der Waals surface area contributed by atoms with Crippen molar-refractivity contribution >= 4 is 17.7 Å². The largest absolute Gasteiger partial charge is 0.465 e. The lowest BCUT2D eigenvalue weighted by Crippen LogP contribution is -2.44. The lowest BCUT2D eigenvalue weighted by molar-refractivity contribution is -0.141. The molecule has 19 heavy (non-hydrogen) atoms. The van der Waals surface area contributed by atoms with E-state index in [1.807, 2.05) is 24.3 Å². The van der Waals surface area contributed by atoms with Gasteiger partial charge in [-0.1, -0.05) is 18.2 Å². The Bertz CT molecular complexity index is 474. The van der Waals surface area contributed by atoms with Crippen LogP contribution in [0, 0.1) is 0 Å². The second kappa shape index (κ2) is 6.22. The van der Waals surface area contributed by atoms with Crippen molar-refractivity contribution in [3.63, 3.8) is 0 Å². The number of urea groups is 1. The molecule has 0 aromatic heterocycles. The molecule has 0 spiro atoms. The molecule has 0 aliphatic carbocycles. The summed E-state index contributed by atoms with van der Waals surface area (Å²) in [7, 11) is 0. The van der Waals surface area contributed by atoms with Crippen molar-refractivity contribution in [3.05, 3.63) is 29.8 Å². The van der Waals surface area contributed by atoms with Gasteiger partial charge in [0.15, 0.2) is 0 Å². The highest BCUT2D eigenvalue weighted by molar-refractivity contribution is 5.94. The van der Waals surface area contributed by atoms with Gasteiger partial charge in [0, 0.05) is 12.2 Å². The number of carbonyl (C=O) groups is 2. The van der Waals surface area contributed by atoms with E-state index in [9.17, 15) is 9.59 Å². The average Bonchev–Trinajstić information content (AvgIpc) is 2.44. The highest BCUT2D eigenvalue weighted by Crippen LogP contribution is 2.26. The number of aryl methyl sites for hydroxylation is 1. The maximum Gasteiger partial charge on any atom is 0.325 e. The normalized spacial score (nSPS) is 13.6. The molecule has 0 unspecified atom stereocenters. The maximum atomic E-state index is 12.1. The molecule has 0 atom stereocenters. The van der Waals surface area contributed by atoms with Crippen LogP contribution in [0.4, 0.5) is 10.5 Å². The Morgan fingerprint density at radius 3 is 2.95 bits per heavy atom. The molecule has 0 radical (unpaired) electrons. The number of hydrogen-bond acceptors (Lipinski definition) is 3. The highest BCUT2D eigenvalue weighted by Gasteiger charge is 2.22. The van der Waals surface area contributed by atoms with Crippen molar-refractivity contribution in [2.45, 2.75) is 19.8 Å². The number of carbonyl (C=O) groups excluding carboxylic acids is 2. The number of benzene rings is 1. The molecule has 102 valence electrons. The Hall–Kier alpha value is -2.04. The number of amides is 2. The van der Waals surface area contributed by atoms with Crippen molar-refractivity contribution in [1.29, 1.82) is 0 Å². The van der Waals surface area contributed by atoms with Crippen LogP contribution in [0.2, 0.25) is 0 Å². The third kappa shape index (κ3) is 3.24. The minimum Gasteiger partial charge on any atom is -0.465 e. The second-order valence-electron chi connectivity index (χ2n) is 4.35. The van der Waals surface area contributed by atoms with E-state index in [1.165, 1.54) is 5.56 Å². The summed E-state index contributed by atoms with van der Waals surface area (Å²) in [5.74, 6) is -0.416. The number of nitrogens with one attached hydrogen (secondary N) is 1. The van der Waals surface area contributed by atoms with E-state index < -0.39 is 5.97 Å². The van der Waals surface area contributed by atoms with Gasteiger partial charge in [-0.3, -0.25) is 9.69 Å². The van der Waals surface area contributed by atoms with Crippen molar-refractivity contribution < 1.29 is 14.3 Å². The molecular formula is C14H18N2O3. The van der Waals surface area contributed by atoms with Crippen molar-refractivity contribution in [3.8, 4) is 0 Å². The Labute approximate surface area is 112 Å². The summed E-state index contributed by atoms with van der Waals surface area (Å²) in [6.07, 6.45) is 1.92. The second-order valence-corrected chi connectivity index (χ2v) is 4.35. The van der Waals surface area contributed by atoms with Gasteiger partial charge in [0.1, 0.15) is 6.54 Å². The van der Waals surface area contributed by atoms with Gasteiger partial charge < -0.3 is 10.1 Å². The van der Waals surface area contributed by atoms with E-state index in [1.54, 1.807) is 11.8 Å². The van der Waals surface area contributed by atoms with E-state index in [2.05, 4.69) is 5.32 Å². The highest BCUT2D eigenvalue weighted by atomic mass is 16.5. The molecule has 0 saturated heterocycles. The Morgan fingerprint density at radius 1 is 1.37 bits per heavy atom. The lowest BCUT2D eigenvalue weighted by atomic mass is 10.0. The van der Waals surface area contributed by atoms with Crippen LogP contribution in [0.15, 0.2) is 24.3 Å². The van der Waals surface area contributed by atoms with Crippen LogP contribution in [0.25, 0.3) is 0 Å². The summed E-state index contributed by atoms with van der Waals surface area (Å²) in [4.78, 5) is 25.0. The summed E-state index contributed by atoms with van der Waals surface area (Å²) in [6, 6.07) is 7.59. The number of fused-ring (bicyclic) bond motifs is 1. The third-order valence-electron chi connectivity index (χ3n) is 3.04. The van der Waals surface area contributed by atoms with Crippen molar-refractivity contribution in [2.24, 2.45) is 0 Å². The van der Waals surface area contributed by atoms with Crippen LogP contribution in [0.3, 0.4) is 0 Å². The van der Waals surface area contributed by atoms with Gasteiger partial charge >= 0.3 is 12.0 Å². The predicted molar refractivity (Wildman–Crippen MR) is 72.1 cm³/mol. The molecule has 2 rings (SSSR count). The average molecular weight is 262 g/mol. The molecule has 2 amide bonds. The van der Waals surface area contributed by atoms with Crippen molar-refractivity contribution in [1.82, 2.24) is 5.32 Å². The van der Waals surface area contributed by atoms with Crippen LogP contribution in [-0.2, 0) is 16.0 Å². The number of nitrogens with zero attached hydrogens (tertiary/aromatic N) is 1. The number of ether oxygens (including phenoxy) is 1. The molecule has 0 saturated carbocycles. The molecule has 1 aromatic carbocycles. The first kappa shape index (κ1) is 13.4. The molecule has 0 fully saturated rings. The van der Waals surface area contributed by atoms with Crippen LogP contribution in [0.1, 0.15) is 18.9 Å². The molecule has 1 aromatic rings. The zero-order valence-corrected chi connectivity index (χ0v) is 11.0. The summed E-state index contributed by atoms with van der Waals surface area (Å²) < 4.78 is 4.78. The number of hydrogen-bond donors (Lipinski definition) is 1. The lowest BCUT2D eigenvalue weighted by Gasteiger charge is -2.29. The smallest absolute Gasteiger partial charge is 0.325 e. The van der Waals surface area contributed by atoms with Crippen LogP contribution < -0.4 is 10.2 Å². The van der Waals surface area contributed by atoms with Crippen molar-refractivity contribution in [2.75, 3.05) is 24.6 Å². The van der Waals surface area contributed by atoms with E-state index in [0.29, 0.717) is 13.2 Å². The fourth-order valence-corrected chi connectivity index (χ4v) is 2.20. The number of anilines is 1. The first-order valence-electron chi connectivity index (χ1n) is 6.51. The van der Waals surface area contributed by atoms with Gasteiger partial charge in [0.05, 0.1) is 6.61 Å². The minimum absolute atomic E-state index is 0.0919. The maximum absolute atomic E-state index is 12.1. The SMILES string of the molecule is CCOC(=O)CNC(=O)N1CCCc2ccccc21. The van der Waals surface area contributed by atoms with Crippen LogP contribution in [0.5, 0.6) is 0 Å². The first-order valence-corrected chi connectivity index (χ1v) is 6.51. The topological polar surface area (TPSA) is 58.6 Å². The molecular weight excluding hydrogens is 244 g/mol. The van der Waals surface area contributed by atoms with Crippen LogP contribution in [-0.4, -0.2) is 31.7 Å². The number of para-hydroxylation sites is 1. The third-order valence-corrected chi connectivity index (χ3v) is 3.04. The monoisotopic (exact) mass is 262 g/mol. The molecule has 1 aliphatic heterocycles. The number of esters is 1. The fourth-order valence-electron chi connectivity index (χ4n) is 2.20. The number of rotatable bonds is 3.